The molecule has 3 nitrogen and oxygen atoms in total. The summed E-state index contributed by atoms with van der Waals surface area (Å²) in [5, 5.41) is 0. The fraction of sp³-hybridized carbons (Fsp3) is 0.571. The minimum absolute atomic E-state index is 0.0358. The second-order valence-corrected chi connectivity index (χ2v) is 23.8. The summed E-state index contributed by atoms with van der Waals surface area (Å²) in [5.74, 6) is 0. The zero-order chi connectivity index (χ0) is 51.7. The van der Waals surface area contributed by atoms with E-state index in [4.69, 9.17) is 9.47 Å². The van der Waals surface area contributed by atoms with Gasteiger partial charge in [-0.15, -0.1) is 0 Å². The molecule has 5 aromatic rings. The molecule has 1 aliphatic carbocycles. The van der Waals surface area contributed by atoms with Gasteiger partial charge in [-0.1, -0.05) is 219 Å². The van der Waals surface area contributed by atoms with Crippen molar-refractivity contribution >= 4 is 17.1 Å². The minimum atomic E-state index is 0.0358. The molecular weight excluding hydrogens is 887 g/mol. The maximum atomic E-state index is 5.99. The molecule has 0 atom stereocenters. The Bertz CT molecular complexity index is 2380. The van der Waals surface area contributed by atoms with Crippen molar-refractivity contribution in [2.45, 2.75) is 226 Å². The number of rotatable bonds is 33. The molecule has 73 heavy (non-hydrogen) atoms. The third-order valence-electron chi connectivity index (χ3n) is 18.4. The molecule has 396 valence electrons. The van der Waals surface area contributed by atoms with Crippen molar-refractivity contribution in [3.63, 3.8) is 0 Å². The number of unbranched alkanes of at least 4 members (excludes halogenated alkanes) is 13. The lowest BCUT2D eigenvalue weighted by Crippen LogP contribution is -2.43. The highest BCUT2D eigenvalue weighted by atomic mass is 16.5. The number of aryl methyl sites for hydroxylation is 1. The first-order valence-electron chi connectivity index (χ1n) is 30.0. The van der Waals surface area contributed by atoms with Crippen LogP contribution in [0.2, 0.25) is 0 Å². The SMILES string of the molecule is CCCCCCCCC1(CCCCCCCC)c2cc(-c3ccc(N(c4ccc(CCCCCCOCC5(C)COC5)cc4)c4ccc(C(C)(CC)CC)cc4)cc3)ccc2-c2ccc(C(C)(CC)CC)cc21. The van der Waals surface area contributed by atoms with Crippen molar-refractivity contribution in [2.24, 2.45) is 5.41 Å². The molecule has 0 saturated carbocycles. The van der Waals surface area contributed by atoms with Gasteiger partial charge in [0.1, 0.15) is 0 Å². The van der Waals surface area contributed by atoms with Gasteiger partial charge < -0.3 is 14.4 Å². The van der Waals surface area contributed by atoms with E-state index in [1.165, 1.54) is 165 Å². The molecule has 2 aliphatic rings. The molecule has 1 aliphatic heterocycles. The lowest BCUT2D eigenvalue weighted by atomic mass is 9.68. The fourth-order valence-corrected chi connectivity index (χ4v) is 12.3. The van der Waals surface area contributed by atoms with Gasteiger partial charge in [-0.3, -0.25) is 0 Å². The molecule has 0 aromatic heterocycles. The number of hydrogen-bond donors (Lipinski definition) is 0. The first-order valence-corrected chi connectivity index (χ1v) is 30.0. The summed E-state index contributed by atoms with van der Waals surface area (Å²) in [6.45, 7) is 24.6. The van der Waals surface area contributed by atoms with Gasteiger partial charge in [-0.2, -0.15) is 0 Å². The molecule has 3 heteroatoms. The topological polar surface area (TPSA) is 21.7 Å². The predicted octanol–water partition coefficient (Wildman–Crippen LogP) is 20.9. The molecule has 0 bridgehead atoms. The van der Waals surface area contributed by atoms with Crippen LogP contribution in [0.15, 0.2) is 109 Å². The first-order chi connectivity index (χ1) is 35.5. The summed E-state index contributed by atoms with van der Waals surface area (Å²) >= 11 is 0. The standard InChI is InChI=1S/C70H99NO2/c1-10-16-18-20-23-27-47-70(48-28-24-21-19-17-11-2)65-50-57(35-45-63(65)64-46-38-59(51-66(64)70)69(9,14-5)15-6)56-33-41-61(42-34-56)71(62-43-36-58(37-44-62)68(8,12-3)13-4)60-39-31-55(32-40-60)30-26-22-25-29-49-72-52-67(7)53-73-54-67/h31-46,50-51H,10-30,47-49,52-54H2,1-9H3. The minimum Gasteiger partial charge on any atom is -0.381 e. The summed E-state index contributed by atoms with van der Waals surface area (Å²) in [4.78, 5) is 2.46. The Morgan fingerprint density at radius 1 is 0.479 bits per heavy atom. The largest absolute Gasteiger partial charge is 0.381 e. The molecule has 0 spiro atoms. The average Bonchev–Trinajstić information content (AvgIpc) is 3.68. The van der Waals surface area contributed by atoms with Crippen LogP contribution in [-0.2, 0) is 32.1 Å². The van der Waals surface area contributed by atoms with E-state index in [2.05, 4.69) is 176 Å². The first kappa shape index (κ1) is 56.5. The summed E-state index contributed by atoms with van der Waals surface area (Å²) < 4.78 is 11.4. The van der Waals surface area contributed by atoms with Crippen molar-refractivity contribution in [3.8, 4) is 22.3 Å². The van der Waals surface area contributed by atoms with E-state index >= 15 is 0 Å². The van der Waals surface area contributed by atoms with Crippen LogP contribution in [0.5, 0.6) is 0 Å². The zero-order valence-corrected chi connectivity index (χ0v) is 47.7. The molecule has 0 amide bonds. The smallest absolute Gasteiger partial charge is 0.0564 e. The Kier molecular flexibility index (Phi) is 20.9. The molecule has 7 rings (SSSR count). The monoisotopic (exact) mass is 986 g/mol. The number of anilines is 3. The Morgan fingerprint density at radius 3 is 1.48 bits per heavy atom. The summed E-state index contributed by atoms with van der Waals surface area (Å²) in [7, 11) is 0. The van der Waals surface area contributed by atoms with Crippen LogP contribution in [0.3, 0.4) is 0 Å². The quantitative estimate of drug-likeness (QED) is 0.0391. The van der Waals surface area contributed by atoms with E-state index in [0.29, 0.717) is 0 Å². The molecular formula is C70H99NO2. The van der Waals surface area contributed by atoms with Gasteiger partial charge in [0.2, 0.25) is 0 Å². The molecule has 1 heterocycles. The van der Waals surface area contributed by atoms with Crippen molar-refractivity contribution in [1.82, 2.24) is 0 Å². The van der Waals surface area contributed by atoms with E-state index in [0.717, 1.165) is 65.0 Å². The van der Waals surface area contributed by atoms with Crippen molar-refractivity contribution in [2.75, 3.05) is 31.3 Å². The van der Waals surface area contributed by atoms with Gasteiger partial charge in [0.05, 0.1) is 19.8 Å². The van der Waals surface area contributed by atoms with Crippen molar-refractivity contribution < 1.29 is 9.47 Å². The van der Waals surface area contributed by atoms with Crippen molar-refractivity contribution in [3.05, 3.63) is 137 Å². The summed E-state index contributed by atoms with van der Waals surface area (Å²) in [5.41, 5.74) is 17.4. The van der Waals surface area contributed by atoms with E-state index in [-0.39, 0.29) is 21.7 Å². The average molecular weight is 987 g/mol. The Hall–Kier alpha value is -4.18. The third-order valence-corrected chi connectivity index (χ3v) is 18.4. The van der Waals surface area contributed by atoms with E-state index < -0.39 is 0 Å². The maximum absolute atomic E-state index is 5.99. The highest BCUT2D eigenvalue weighted by Gasteiger charge is 2.43. The molecule has 1 saturated heterocycles. The fourth-order valence-electron chi connectivity index (χ4n) is 12.3. The normalized spacial score (nSPS) is 14.8. The highest BCUT2D eigenvalue weighted by Crippen LogP contribution is 2.56. The van der Waals surface area contributed by atoms with Crippen molar-refractivity contribution in [1.29, 1.82) is 0 Å². The van der Waals surface area contributed by atoms with E-state index in [1.54, 1.807) is 11.1 Å². The molecule has 0 radical (unpaired) electrons. The number of benzene rings is 5. The van der Waals surface area contributed by atoms with Gasteiger partial charge in [0.15, 0.2) is 0 Å². The van der Waals surface area contributed by atoms with Gasteiger partial charge in [-0.25, -0.2) is 0 Å². The van der Waals surface area contributed by atoms with Crippen LogP contribution in [-0.4, -0.2) is 26.4 Å². The summed E-state index contributed by atoms with van der Waals surface area (Å²) in [6.07, 6.45) is 29.0. The second-order valence-electron chi connectivity index (χ2n) is 23.8. The number of hydrogen-bond acceptors (Lipinski definition) is 3. The molecule has 0 unspecified atom stereocenters. The number of nitrogens with zero attached hydrogens (tertiary/aromatic N) is 1. The van der Waals surface area contributed by atoms with Crippen LogP contribution in [0.1, 0.15) is 231 Å². The Labute approximate surface area is 446 Å². The van der Waals surface area contributed by atoms with Gasteiger partial charge in [0.25, 0.3) is 0 Å². The van der Waals surface area contributed by atoms with Gasteiger partial charge >= 0.3 is 0 Å². The molecule has 0 N–H and O–H groups in total. The van der Waals surface area contributed by atoms with Gasteiger partial charge in [0, 0.05) is 34.5 Å². The number of ether oxygens (including phenoxy) is 2. The summed E-state index contributed by atoms with van der Waals surface area (Å²) in [6, 6.07) is 43.7. The lowest BCUT2D eigenvalue weighted by molar-refractivity contribution is -0.137. The Balaban J connectivity index is 1.17. The number of fused-ring (bicyclic) bond motifs is 3. The van der Waals surface area contributed by atoms with Crippen LogP contribution < -0.4 is 4.90 Å². The van der Waals surface area contributed by atoms with Crippen LogP contribution in [0, 0.1) is 5.41 Å². The van der Waals surface area contributed by atoms with E-state index in [1.807, 2.05) is 0 Å². The predicted molar refractivity (Wildman–Crippen MR) is 317 cm³/mol. The second kappa shape index (κ2) is 27.0. The van der Waals surface area contributed by atoms with Crippen LogP contribution in [0.25, 0.3) is 22.3 Å². The third kappa shape index (κ3) is 13.8. The highest BCUT2D eigenvalue weighted by molar-refractivity contribution is 5.85. The van der Waals surface area contributed by atoms with Crippen LogP contribution in [0.4, 0.5) is 17.1 Å². The maximum Gasteiger partial charge on any atom is 0.0564 e. The Morgan fingerprint density at radius 2 is 0.932 bits per heavy atom. The lowest BCUT2D eigenvalue weighted by Gasteiger charge is -2.37. The van der Waals surface area contributed by atoms with E-state index in [9.17, 15) is 0 Å². The zero-order valence-electron chi connectivity index (χ0n) is 47.7. The molecule has 5 aromatic carbocycles. The molecule has 1 fully saturated rings. The van der Waals surface area contributed by atoms with Gasteiger partial charge in [-0.05, 0) is 161 Å². The van der Waals surface area contributed by atoms with Crippen LogP contribution >= 0.6 is 0 Å².